The van der Waals surface area contributed by atoms with Gasteiger partial charge in [0.2, 0.25) is 0 Å². The minimum Gasteiger partial charge on any atom is -0.493 e. The van der Waals surface area contributed by atoms with Gasteiger partial charge < -0.3 is 23.7 Å². The van der Waals surface area contributed by atoms with Gasteiger partial charge in [-0.3, -0.25) is 14.5 Å². The number of carbonyl (C=O) groups is 2. The number of carbonyl (C=O) groups excluding carboxylic acids is 2. The maximum Gasteiger partial charge on any atom is 0.341 e. The Balaban J connectivity index is 1.02. The number of piperidine rings is 2. The first kappa shape index (κ1) is 35.3. The summed E-state index contributed by atoms with van der Waals surface area (Å²) in [5.41, 5.74) is 3.20. The monoisotopic (exact) mass is 753 g/mol. The molecule has 2 amide bonds. The molecule has 1 N–H and O–H groups in total. The number of rotatable bonds is 9. The van der Waals surface area contributed by atoms with E-state index < -0.39 is 21.7 Å². The third kappa shape index (κ3) is 5.77. The van der Waals surface area contributed by atoms with Crippen molar-refractivity contribution in [3.05, 3.63) is 67.5 Å². The van der Waals surface area contributed by atoms with Crippen molar-refractivity contribution in [3.8, 4) is 5.75 Å². The number of hydrogen-bond acceptors (Lipinski definition) is 10. The molecule has 2 aromatic carbocycles. The minimum absolute atomic E-state index is 0.0168. The molecule has 2 aliphatic carbocycles. The fourth-order valence-electron chi connectivity index (χ4n) is 9.20. The Bertz CT molecular complexity index is 2160. The molecule has 8 rings (SSSR count). The number of likely N-dealkylation sites (N-methyl/N-ethyl adjacent to an activating group) is 1. The van der Waals surface area contributed by atoms with E-state index in [0.717, 1.165) is 62.1 Å². The molecule has 2 bridgehead atoms. The highest BCUT2D eigenvalue weighted by molar-refractivity contribution is 7.87. The lowest BCUT2D eigenvalue weighted by Gasteiger charge is -2.41. The lowest BCUT2D eigenvalue weighted by Crippen LogP contribution is -2.53. The summed E-state index contributed by atoms with van der Waals surface area (Å²) in [5.74, 6) is -1.08. The van der Waals surface area contributed by atoms with Crippen LogP contribution in [-0.4, -0.2) is 106 Å². The molecule has 1 aromatic heterocycles. The van der Waals surface area contributed by atoms with Crippen LogP contribution in [0, 0.1) is 12.3 Å². The topological polar surface area (TPSA) is 142 Å². The first-order chi connectivity index (χ1) is 24.9. The van der Waals surface area contributed by atoms with Gasteiger partial charge in [0, 0.05) is 67.6 Å². The largest absolute Gasteiger partial charge is 0.493 e. The van der Waals surface area contributed by atoms with Gasteiger partial charge in [-0.05, 0) is 88.2 Å². The van der Waals surface area contributed by atoms with Crippen LogP contribution < -0.4 is 20.0 Å². The van der Waals surface area contributed by atoms with Gasteiger partial charge in [-0.25, -0.2) is 9.52 Å². The van der Waals surface area contributed by atoms with Crippen LogP contribution in [0.15, 0.2) is 33.5 Å². The number of piperazine rings is 1. The van der Waals surface area contributed by atoms with Crippen LogP contribution in [0.3, 0.4) is 0 Å². The van der Waals surface area contributed by atoms with Gasteiger partial charge in [-0.1, -0.05) is 11.6 Å². The van der Waals surface area contributed by atoms with Crippen LogP contribution in [-0.2, 0) is 27.9 Å². The zero-order chi connectivity index (χ0) is 36.7. The maximum absolute atomic E-state index is 13.9. The summed E-state index contributed by atoms with van der Waals surface area (Å²) in [6.45, 7) is 7.21. The van der Waals surface area contributed by atoms with Gasteiger partial charge >= 0.3 is 15.8 Å². The summed E-state index contributed by atoms with van der Waals surface area (Å²) < 4.78 is 47.5. The molecule has 1 spiro atoms. The van der Waals surface area contributed by atoms with E-state index in [0.29, 0.717) is 41.1 Å². The van der Waals surface area contributed by atoms with Crippen molar-refractivity contribution in [1.29, 1.82) is 0 Å². The average Bonchev–Trinajstić information content (AvgIpc) is 3.54. The Morgan fingerprint density at radius 3 is 2.67 bits per heavy atom. The highest BCUT2D eigenvalue weighted by atomic mass is 35.5. The number of ether oxygens (including phenoxy) is 2. The lowest BCUT2D eigenvalue weighted by molar-refractivity contribution is 0.0731. The summed E-state index contributed by atoms with van der Waals surface area (Å²) in [5, 5.41) is 1.18. The summed E-state index contributed by atoms with van der Waals surface area (Å²) in [4.78, 5) is 46.9. The number of nitrogens with one attached hydrogen (secondary N) is 1. The van der Waals surface area contributed by atoms with Gasteiger partial charge in [-0.15, -0.1) is 0 Å². The van der Waals surface area contributed by atoms with Crippen LogP contribution in [0.5, 0.6) is 5.75 Å². The van der Waals surface area contributed by atoms with Gasteiger partial charge in [0.15, 0.2) is 0 Å². The van der Waals surface area contributed by atoms with Crippen LogP contribution in [0.2, 0.25) is 5.02 Å². The van der Waals surface area contributed by atoms with E-state index in [2.05, 4.69) is 21.6 Å². The second-order valence-electron chi connectivity index (χ2n) is 15.0. The molecule has 4 atom stereocenters. The van der Waals surface area contributed by atoms with Crippen LogP contribution in [0.25, 0.3) is 11.0 Å². The Morgan fingerprint density at radius 2 is 1.94 bits per heavy atom. The number of amides is 2. The lowest BCUT2D eigenvalue weighted by atomic mass is 9.95. The second kappa shape index (κ2) is 13.0. The highest BCUT2D eigenvalue weighted by Crippen LogP contribution is 2.68. The molecule has 2 saturated heterocycles. The number of anilines is 1. The van der Waals surface area contributed by atoms with Gasteiger partial charge in [0.25, 0.3) is 11.8 Å². The Morgan fingerprint density at radius 1 is 1.13 bits per heavy atom. The van der Waals surface area contributed by atoms with Crippen LogP contribution >= 0.6 is 11.6 Å². The van der Waals surface area contributed by atoms with Crippen molar-refractivity contribution in [1.82, 2.24) is 18.8 Å². The van der Waals surface area contributed by atoms with E-state index in [1.165, 1.54) is 22.5 Å². The molecule has 3 aliphatic heterocycles. The quantitative estimate of drug-likeness (QED) is 0.322. The normalized spacial score (nSPS) is 25.7. The molecular formula is C37H44ClN5O8S. The van der Waals surface area contributed by atoms with Crippen molar-refractivity contribution in [2.75, 3.05) is 58.5 Å². The highest BCUT2D eigenvalue weighted by Gasteiger charge is 2.70. The Hall–Kier alpha value is -3.69. The zero-order valence-corrected chi connectivity index (χ0v) is 31.4. The molecule has 278 valence electrons. The number of halogens is 1. The fourth-order valence-corrected chi connectivity index (χ4v) is 11.2. The predicted molar refractivity (Wildman–Crippen MR) is 195 cm³/mol. The van der Waals surface area contributed by atoms with Crippen molar-refractivity contribution < 1.29 is 31.9 Å². The smallest absolute Gasteiger partial charge is 0.341 e. The fraction of sp³-hybridized carbons (Fsp3) is 0.541. The van der Waals surface area contributed by atoms with E-state index in [1.807, 2.05) is 13.0 Å². The van der Waals surface area contributed by atoms with Crippen LogP contribution in [0.1, 0.15) is 70.0 Å². The van der Waals surface area contributed by atoms with E-state index in [1.54, 1.807) is 18.9 Å². The SMILES string of the molecule is CCOc1cc(C(=O)N2CCc3c(c(=O)oc4c(C)c(N5CCN(C)[C@@H](COC)C5)cc(Cl)c34)C2)ccc1C(=O)NS(=O)(=O)N1C2CCC3(C2)CC13. The van der Waals surface area contributed by atoms with Crippen molar-refractivity contribution in [2.45, 2.75) is 70.6 Å². The Kier molecular flexibility index (Phi) is 8.84. The van der Waals surface area contributed by atoms with Crippen molar-refractivity contribution >= 4 is 50.3 Å². The average molecular weight is 754 g/mol. The number of fused-ring (bicyclic) bond motifs is 4. The zero-order valence-electron chi connectivity index (χ0n) is 29.9. The third-order valence-corrected chi connectivity index (χ3v) is 13.9. The molecule has 15 heteroatoms. The molecule has 3 unspecified atom stereocenters. The molecule has 5 aliphatic rings. The number of benzene rings is 2. The molecule has 13 nitrogen and oxygen atoms in total. The van der Waals surface area contributed by atoms with Gasteiger partial charge in [0.1, 0.15) is 11.3 Å². The minimum atomic E-state index is -4.05. The number of methoxy groups -OCH3 is 1. The standard InChI is InChI=1S/C37H44ClN5O8S/c1-5-50-30-14-22(6-7-26(30)34(44)39-52(47,48)43-23-8-10-37(16-23)17-31(37)43)35(45)42-11-9-25-27(19-42)36(46)51-33-21(2)29(15-28(38)32(25)33)41-13-12-40(3)24(18-41)20-49-4/h6-7,14-15,23-24,31H,5,8-13,16-20H2,1-4H3,(H,39,44)/t23?,24-,31?,37?/m1/s1. The number of aryl methyl sites for hydroxylation is 1. The number of hydrogen-bond donors (Lipinski definition) is 1. The first-order valence-electron chi connectivity index (χ1n) is 18.0. The summed E-state index contributed by atoms with van der Waals surface area (Å²) in [6, 6.07) is 6.40. The van der Waals surface area contributed by atoms with Gasteiger partial charge in [0.05, 0.1) is 41.9 Å². The van der Waals surface area contributed by atoms with Gasteiger partial charge in [-0.2, -0.15) is 12.7 Å². The molecule has 2 saturated carbocycles. The third-order valence-electron chi connectivity index (χ3n) is 12.0. The van der Waals surface area contributed by atoms with E-state index in [9.17, 15) is 22.8 Å². The second-order valence-corrected chi connectivity index (χ2v) is 16.9. The molecule has 0 radical (unpaired) electrons. The van der Waals surface area contributed by atoms with Crippen LogP contribution in [0.4, 0.5) is 5.69 Å². The summed E-state index contributed by atoms with van der Waals surface area (Å²) >= 11 is 6.96. The van der Waals surface area contributed by atoms with E-state index in [4.69, 9.17) is 25.5 Å². The molecule has 4 fully saturated rings. The maximum atomic E-state index is 13.9. The molecule has 4 heterocycles. The first-order valence-corrected chi connectivity index (χ1v) is 19.8. The van der Waals surface area contributed by atoms with Crippen molar-refractivity contribution in [3.63, 3.8) is 0 Å². The number of nitrogens with zero attached hydrogens (tertiary/aromatic N) is 4. The Labute approximate surface area is 307 Å². The van der Waals surface area contributed by atoms with E-state index >= 15 is 0 Å². The van der Waals surface area contributed by atoms with Crippen molar-refractivity contribution in [2.24, 2.45) is 5.41 Å². The molecular weight excluding hydrogens is 710 g/mol. The van der Waals surface area contributed by atoms with E-state index in [-0.39, 0.29) is 59.5 Å². The summed E-state index contributed by atoms with van der Waals surface area (Å²) in [6.07, 6.45) is 3.94. The molecule has 3 aromatic rings. The summed E-state index contributed by atoms with van der Waals surface area (Å²) in [7, 11) is -0.267. The predicted octanol–water partition coefficient (Wildman–Crippen LogP) is 3.72. The molecule has 52 heavy (non-hydrogen) atoms.